The molecule has 0 radical (unpaired) electrons. The summed E-state index contributed by atoms with van der Waals surface area (Å²) in [5, 5.41) is 10.1. The average molecular weight is 231 g/mol. The Labute approximate surface area is 97.9 Å². The predicted molar refractivity (Wildman–Crippen MR) is 60.0 cm³/mol. The molecule has 0 aliphatic carbocycles. The molecule has 0 aliphatic rings. The summed E-state index contributed by atoms with van der Waals surface area (Å²) in [5.41, 5.74) is 0. The van der Waals surface area contributed by atoms with Crippen LogP contribution >= 0.6 is 0 Å². The van der Waals surface area contributed by atoms with Gasteiger partial charge < -0.3 is 19.4 Å². The molecule has 0 aromatic heterocycles. The lowest BCUT2D eigenvalue weighted by Crippen LogP contribution is -2.21. The first-order chi connectivity index (χ1) is 7.66. The fourth-order valence-corrected chi connectivity index (χ4v) is 1.18. The summed E-state index contributed by atoms with van der Waals surface area (Å²) in [4.78, 5) is 10.1. The third-order valence-corrected chi connectivity index (χ3v) is 2.37. The highest BCUT2D eigenvalue weighted by Crippen LogP contribution is 1.99. The lowest BCUT2D eigenvalue weighted by molar-refractivity contribution is -0.305. The topological polar surface area (TPSA) is 58.6 Å². The van der Waals surface area contributed by atoms with Gasteiger partial charge >= 0.3 is 0 Å². The Bertz CT molecular complexity index is 170. The molecule has 0 rings (SSSR count). The molecule has 4 heteroatoms. The maximum Gasteiger partial charge on any atom is 0.0704 e. The van der Waals surface area contributed by atoms with Gasteiger partial charge in [0.25, 0.3) is 0 Å². The second-order valence-electron chi connectivity index (χ2n) is 3.88. The summed E-state index contributed by atoms with van der Waals surface area (Å²) in [6.45, 7) is 6.05. The molecule has 0 spiro atoms. The van der Waals surface area contributed by atoms with E-state index in [0.717, 1.165) is 19.3 Å². The van der Waals surface area contributed by atoms with Crippen LogP contribution in [0.2, 0.25) is 0 Å². The van der Waals surface area contributed by atoms with Crippen molar-refractivity contribution in [3.8, 4) is 0 Å². The van der Waals surface area contributed by atoms with E-state index in [-0.39, 0.29) is 6.42 Å². The normalized spacial score (nSPS) is 12.6. The number of unbranched alkanes of at least 4 members (excludes halogenated alkanes) is 2. The first-order valence-corrected chi connectivity index (χ1v) is 6.06. The summed E-state index contributed by atoms with van der Waals surface area (Å²) >= 11 is 0. The smallest absolute Gasteiger partial charge is 0.0704 e. The minimum Gasteiger partial charge on any atom is -0.550 e. The van der Waals surface area contributed by atoms with Gasteiger partial charge in [-0.25, -0.2) is 0 Å². The first kappa shape index (κ1) is 15.4. The molecule has 0 aliphatic heterocycles. The third kappa shape index (κ3) is 11.5. The van der Waals surface area contributed by atoms with Crippen molar-refractivity contribution >= 4 is 5.97 Å². The van der Waals surface area contributed by atoms with Crippen molar-refractivity contribution in [3.63, 3.8) is 0 Å². The zero-order valence-electron chi connectivity index (χ0n) is 10.4. The minimum absolute atomic E-state index is 0.150. The number of rotatable bonds is 11. The van der Waals surface area contributed by atoms with Crippen LogP contribution in [-0.4, -0.2) is 31.9 Å². The van der Waals surface area contributed by atoms with Crippen LogP contribution < -0.4 is 5.11 Å². The van der Waals surface area contributed by atoms with E-state index in [2.05, 4.69) is 6.92 Å². The first-order valence-electron chi connectivity index (χ1n) is 6.06. The molecular formula is C12H23O4-. The van der Waals surface area contributed by atoms with Crippen LogP contribution in [0.25, 0.3) is 0 Å². The van der Waals surface area contributed by atoms with E-state index in [4.69, 9.17) is 9.47 Å². The zero-order valence-corrected chi connectivity index (χ0v) is 10.4. The molecule has 0 bridgehead atoms. The van der Waals surface area contributed by atoms with Gasteiger partial charge in [-0.05, 0) is 32.6 Å². The number of ether oxygens (including phenoxy) is 2. The SMILES string of the molecule is CCC(C)OCCOCCCCCC(=O)[O-]. The molecule has 0 amide bonds. The molecule has 0 saturated heterocycles. The molecule has 0 saturated carbocycles. The van der Waals surface area contributed by atoms with Crippen LogP contribution in [0.15, 0.2) is 0 Å². The second kappa shape index (κ2) is 10.9. The molecular weight excluding hydrogens is 208 g/mol. The standard InChI is InChI=1S/C12H24O4/c1-3-11(2)16-10-9-15-8-6-4-5-7-12(13)14/h11H,3-10H2,1-2H3,(H,13,14)/p-1. The van der Waals surface area contributed by atoms with E-state index < -0.39 is 5.97 Å². The van der Waals surface area contributed by atoms with Crippen molar-refractivity contribution in [1.29, 1.82) is 0 Å². The summed E-state index contributed by atoms with van der Waals surface area (Å²) in [7, 11) is 0. The number of hydrogen-bond donors (Lipinski definition) is 0. The number of carboxylic acid groups (broad SMARTS) is 1. The van der Waals surface area contributed by atoms with Gasteiger partial charge in [0.15, 0.2) is 0 Å². The summed E-state index contributed by atoms with van der Waals surface area (Å²) < 4.78 is 10.8. The van der Waals surface area contributed by atoms with Crippen molar-refractivity contribution in [2.24, 2.45) is 0 Å². The Morgan fingerprint density at radius 3 is 2.56 bits per heavy atom. The van der Waals surface area contributed by atoms with Crippen LogP contribution in [0.3, 0.4) is 0 Å². The molecule has 0 N–H and O–H groups in total. The van der Waals surface area contributed by atoms with Gasteiger partial charge in [0, 0.05) is 12.6 Å². The van der Waals surface area contributed by atoms with E-state index >= 15 is 0 Å². The Morgan fingerprint density at radius 1 is 1.19 bits per heavy atom. The summed E-state index contributed by atoms with van der Waals surface area (Å²) in [6.07, 6.45) is 3.92. The number of aliphatic carboxylic acids is 1. The zero-order chi connectivity index (χ0) is 12.2. The van der Waals surface area contributed by atoms with Crippen molar-refractivity contribution in [2.45, 2.75) is 52.1 Å². The monoisotopic (exact) mass is 231 g/mol. The van der Waals surface area contributed by atoms with Gasteiger partial charge in [-0.2, -0.15) is 0 Å². The predicted octanol–water partition coefficient (Wildman–Crippen LogP) is 1.13. The highest BCUT2D eigenvalue weighted by molar-refractivity contribution is 5.63. The van der Waals surface area contributed by atoms with Gasteiger partial charge in [-0.1, -0.05) is 13.3 Å². The van der Waals surface area contributed by atoms with Gasteiger partial charge in [0.1, 0.15) is 0 Å². The molecule has 0 aromatic carbocycles. The van der Waals surface area contributed by atoms with Crippen LogP contribution in [0.5, 0.6) is 0 Å². The minimum atomic E-state index is -0.970. The van der Waals surface area contributed by atoms with Gasteiger partial charge in [-0.15, -0.1) is 0 Å². The van der Waals surface area contributed by atoms with Crippen LogP contribution in [0, 0.1) is 0 Å². The number of carbonyl (C=O) groups is 1. The molecule has 96 valence electrons. The lowest BCUT2D eigenvalue weighted by Gasteiger charge is -2.10. The molecule has 1 atom stereocenters. The Hall–Kier alpha value is -0.610. The molecule has 4 nitrogen and oxygen atoms in total. The number of hydrogen-bond acceptors (Lipinski definition) is 4. The molecule has 0 fully saturated rings. The quantitative estimate of drug-likeness (QED) is 0.500. The summed E-state index contributed by atoms with van der Waals surface area (Å²) in [5.74, 6) is -0.970. The number of carboxylic acids is 1. The largest absolute Gasteiger partial charge is 0.550 e. The Morgan fingerprint density at radius 2 is 1.94 bits per heavy atom. The van der Waals surface area contributed by atoms with E-state index in [1.54, 1.807) is 0 Å². The highest BCUT2D eigenvalue weighted by Gasteiger charge is 1.97. The number of carbonyl (C=O) groups excluding carboxylic acids is 1. The van der Waals surface area contributed by atoms with Gasteiger partial charge in [0.2, 0.25) is 0 Å². The fraction of sp³-hybridized carbons (Fsp3) is 0.917. The van der Waals surface area contributed by atoms with Crippen molar-refractivity contribution in [1.82, 2.24) is 0 Å². The Balaban J connectivity index is 3.01. The van der Waals surface area contributed by atoms with Crippen molar-refractivity contribution in [3.05, 3.63) is 0 Å². The van der Waals surface area contributed by atoms with Crippen molar-refractivity contribution < 1.29 is 19.4 Å². The molecule has 0 heterocycles. The maximum absolute atomic E-state index is 10.1. The van der Waals surface area contributed by atoms with Crippen LogP contribution in [0.4, 0.5) is 0 Å². The van der Waals surface area contributed by atoms with E-state index in [1.165, 1.54) is 0 Å². The van der Waals surface area contributed by atoms with Crippen LogP contribution in [-0.2, 0) is 14.3 Å². The lowest BCUT2D eigenvalue weighted by atomic mass is 10.2. The molecule has 0 aromatic rings. The van der Waals surface area contributed by atoms with Gasteiger partial charge in [-0.3, -0.25) is 0 Å². The third-order valence-electron chi connectivity index (χ3n) is 2.37. The summed E-state index contributed by atoms with van der Waals surface area (Å²) in [6, 6.07) is 0. The highest BCUT2D eigenvalue weighted by atomic mass is 16.5. The second-order valence-corrected chi connectivity index (χ2v) is 3.88. The molecule has 16 heavy (non-hydrogen) atoms. The van der Waals surface area contributed by atoms with Crippen molar-refractivity contribution in [2.75, 3.05) is 19.8 Å². The maximum atomic E-state index is 10.1. The van der Waals surface area contributed by atoms with Crippen LogP contribution in [0.1, 0.15) is 46.0 Å². The molecule has 1 unspecified atom stereocenters. The van der Waals surface area contributed by atoms with E-state index in [0.29, 0.717) is 32.3 Å². The fourth-order valence-electron chi connectivity index (χ4n) is 1.18. The van der Waals surface area contributed by atoms with E-state index in [9.17, 15) is 9.90 Å². The Kier molecular flexibility index (Phi) is 10.5. The average Bonchev–Trinajstić information content (AvgIpc) is 2.26. The van der Waals surface area contributed by atoms with E-state index in [1.807, 2.05) is 6.92 Å². The van der Waals surface area contributed by atoms with Gasteiger partial charge in [0.05, 0.1) is 19.3 Å².